The standard InChI is InChI=1S/C13H12ClNO3/c14-11-3-1-2-9(6-11)12(16)8-18-13(17)10-4-5-15-7-10/h1-3,6-7,10H,4-5,8H2. The topological polar surface area (TPSA) is 55.7 Å². The molecule has 4 nitrogen and oxygen atoms in total. The zero-order valence-electron chi connectivity index (χ0n) is 9.64. The Balaban J connectivity index is 1.88. The van der Waals surface area contributed by atoms with Crippen LogP contribution in [0.3, 0.4) is 0 Å². The van der Waals surface area contributed by atoms with E-state index >= 15 is 0 Å². The van der Waals surface area contributed by atoms with Crippen molar-refractivity contribution in [3.63, 3.8) is 0 Å². The van der Waals surface area contributed by atoms with E-state index in [0.717, 1.165) is 0 Å². The Morgan fingerprint density at radius 2 is 2.28 bits per heavy atom. The number of hydrogen-bond acceptors (Lipinski definition) is 4. The summed E-state index contributed by atoms with van der Waals surface area (Å²) in [6, 6.07) is 6.55. The van der Waals surface area contributed by atoms with Crippen molar-refractivity contribution < 1.29 is 14.3 Å². The summed E-state index contributed by atoms with van der Waals surface area (Å²) in [6.45, 7) is 0.380. The van der Waals surface area contributed by atoms with Gasteiger partial charge in [-0.05, 0) is 18.6 Å². The third-order valence-electron chi connectivity index (χ3n) is 2.65. The average Bonchev–Trinajstić information content (AvgIpc) is 2.89. The lowest BCUT2D eigenvalue weighted by Crippen LogP contribution is -2.21. The van der Waals surface area contributed by atoms with Crippen LogP contribution in [-0.4, -0.2) is 31.1 Å². The second-order valence-electron chi connectivity index (χ2n) is 3.99. The maximum absolute atomic E-state index is 11.7. The molecule has 5 heteroatoms. The molecule has 0 spiro atoms. The average molecular weight is 266 g/mol. The summed E-state index contributed by atoms with van der Waals surface area (Å²) in [5, 5.41) is 0.482. The summed E-state index contributed by atoms with van der Waals surface area (Å²) in [5.74, 6) is -0.968. The molecule has 1 aliphatic heterocycles. The van der Waals surface area contributed by atoms with Gasteiger partial charge in [-0.25, -0.2) is 0 Å². The number of aliphatic imine (C=N–C) groups is 1. The lowest BCUT2D eigenvalue weighted by molar-refractivity contribution is -0.144. The van der Waals surface area contributed by atoms with E-state index in [1.54, 1.807) is 30.5 Å². The third-order valence-corrected chi connectivity index (χ3v) is 2.88. The summed E-state index contributed by atoms with van der Waals surface area (Å²) in [7, 11) is 0. The molecule has 1 aromatic carbocycles. The van der Waals surface area contributed by atoms with Gasteiger partial charge in [0.2, 0.25) is 0 Å². The predicted octanol–water partition coefficient (Wildman–Crippen LogP) is 2.16. The van der Waals surface area contributed by atoms with Crippen molar-refractivity contribution in [2.45, 2.75) is 6.42 Å². The van der Waals surface area contributed by atoms with Crippen LogP contribution in [0.25, 0.3) is 0 Å². The first-order valence-corrected chi connectivity index (χ1v) is 6.00. The minimum absolute atomic E-state index is 0.260. The number of ketones is 1. The van der Waals surface area contributed by atoms with Gasteiger partial charge in [-0.3, -0.25) is 14.6 Å². The predicted molar refractivity (Wildman–Crippen MR) is 68.2 cm³/mol. The minimum atomic E-state index is -0.397. The smallest absolute Gasteiger partial charge is 0.314 e. The Morgan fingerprint density at radius 3 is 2.94 bits per heavy atom. The number of halogens is 1. The van der Waals surface area contributed by atoms with Gasteiger partial charge in [-0.2, -0.15) is 0 Å². The Labute approximate surface area is 110 Å². The van der Waals surface area contributed by atoms with Crippen LogP contribution < -0.4 is 0 Å². The van der Waals surface area contributed by atoms with E-state index in [9.17, 15) is 9.59 Å². The largest absolute Gasteiger partial charge is 0.457 e. The number of ether oxygens (including phenoxy) is 1. The van der Waals surface area contributed by atoms with Gasteiger partial charge >= 0.3 is 5.97 Å². The van der Waals surface area contributed by atoms with E-state index in [1.807, 2.05) is 0 Å². The highest BCUT2D eigenvalue weighted by molar-refractivity contribution is 6.31. The van der Waals surface area contributed by atoms with Crippen molar-refractivity contribution in [1.82, 2.24) is 0 Å². The molecule has 94 valence electrons. The zero-order chi connectivity index (χ0) is 13.0. The van der Waals surface area contributed by atoms with Crippen molar-refractivity contribution in [1.29, 1.82) is 0 Å². The van der Waals surface area contributed by atoms with Gasteiger partial charge in [-0.15, -0.1) is 0 Å². The quantitative estimate of drug-likeness (QED) is 0.619. The molecule has 18 heavy (non-hydrogen) atoms. The Hall–Kier alpha value is -1.68. The van der Waals surface area contributed by atoms with Gasteiger partial charge < -0.3 is 4.74 Å². The number of carbonyl (C=O) groups is 2. The molecule has 0 bridgehead atoms. The number of carbonyl (C=O) groups excluding carboxylic acids is 2. The summed E-state index contributed by atoms with van der Waals surface area (Å²) >= 11 is 5.78. The first-order chi connectivity index (χ1) is 8.66. The van der Waals surface area contributed by atoms with E-state index in [2.05, 4.69) is 4.99 Å². The molecule has 0 saturated carbocycles. The van der Waals surface area contributed by atoms with Crippen molar-refractivity contribution in [3.8, 4) is 0 Å². The van der Waals surface area contributed by atoms with E-state index < -0.39 is 5.97 Å². The summed E-state index contributed by atoms with van der Waals surface area (Å²) in [5.41, 5.74) is 0.440. The number of hydrogen-bond donors (Lipinski definition) is 0. The van der Waals surface area contributed by atoms with E-state index in [1.165, 1.54) is 0 Å². The Kier molecular flexibility index (Phi) is 4.10. The molecule has 0 aromatic heterocycles. The van der Waals surface area contributed by atoms with Crippen molar-refractivity contribution in [3.05, 3.63) is 34.9 Å². The second kappa shape index (κ2) is 5.78. The first-order valence-electron chi connectivity index (χ1n) is 5.62. The molecule has 1 unspecified atom stereocenters. The van der Waals surface area contributed by atoms with Crippen molar-refractivity contribution in [2.24, 2.45) is 10.9 Å². The molecule has 0 N–H and O–H groups in total. The maximum atomic E-state index is 11.7. The number of nitrogens with zero attached hydrogens (tertiary/aromatic N) is 1. The molecule has 0 radical (unpaired) electrons. The zero-order valence-corrected chi connectivity index (χ0v) is 10.4. The maximum Gasteiger partial charge on any atom is 0.314 e. The number of benzene rings is 1. The number of Topliss-reactive ketones (excluding diaryl/α,β-unsaturated/α-hetero) is 1. The fourth-order valence-corrected chi connectivity index (χ4v) is 1.85. The summed E-state index contributed by atoms with van der Waals surface area (Å²) < 4.78 is 4.96. The molecule has 1 heterocycles. The van der Waals surface area contributed by atoms with Crippen LogP contribution in [0.1, 0.15) is 16.8 Å². The van der Waals surface area contributed by atoms with Gasteiger partial charge in [0.1, 0.15) is 0 Å². The van der Waals surface area contributed by atoms with Gasteiger partial charge in [0.25, 0.3) is 0 Å². The SMILES string of the molecule is O=C(COC(=O)C1C=NCC1)c1cccc(Cl)c1. The normalized spacial score (nSPS) is 17.7. The van der Waals surface area contributed by atoms with Crippen LogP contribution >= 0.6 is 11.6 Å². The Morgan fingerprint density at radius 1 is 1.44 bits per heavy atom. The highest BCUT2D eigenvalue weighted by Crippen LogP contribution is 2.13. The molecule has 0 aliphatic carbocycles. The van der Waals surface area contributed by atoms with Crippen LogP contribution in [0, 0.1) is 5.92 Å². The van der Waals surface area contributed by atoms with Crippen LogP contribution in [0.2, 0.25) is 5.02 Å². The Bertz CT molecular complexity index is 499. The fraction of sp³-hybridized carbons (Fsp3) is 0.308. The van der Waals surface area contributed by atoms with E-state index in [-0.39, 0.29) is 18.3 Å². The molecule has 0 fully saturated rings. The lowest BCUT2D eigenvalue weighted by atomic mass is 10.1. The molecular formula is C13H12ClNO3. The fourth-order valence-electron chi connectivity index (χ4n) is 1.66. The molecule has 1 aliphatic rings. The van der Waals surface area contributed by atoms with Crippen molar-refractivity contribution in [2.75, 3.05) is 13.2 Å². The van der Waals surface area contributed by atoms with Crippen LogP contribution in [-0.2, 0) is 9.53 Å². The van der Waals surface area contributed by atoms with Gasteiger partial charge in [0, 0.05) is 23.3 Å². The lowest BCUT2D eigenvalue weighted by Gasteiger charge is -2.07. The van der Waals surface area contributed by atoms with Crippen molar-refractivity contribution >= 4 is 29.6 Å². The monoisotopic (exact) mass is 265 g/mol. The highest BCUT2D eigenvalue weighted by atomic mass is 35.5. The van der Waals surface area contributed by atoms with Gasteiger partial charge in [0.15, 0.2) is 12.4 Å². The van der Waals surface area contributed by atoms with E-state index in [0.29, 0.717) is 23.6 Å². The molecule has 1 atom stereocenters. The van der Waals surface area contributed by atoms with Gasteiger partial charge in [0.05, 0.1) is 5.92 Å². The molecule has 2 rings (SSSR count). The second-order valence-corrected chi connectivity index (χ2v) is 4.43. The van der Waals surface area contributed by atoms with Crippen LogP contribution in [0.15, 0.2) is 29.3 Å². The minimum Gasteiger partial charge on any atom is -0.457 e. The number of esters is 1. The van der Waals surface area contributed by atoms with Crippen LogP contribution in [0.5, 0.6) is 0 Å². The van der Waals surface area contributed by atoms with Gasteiger partial charge in [-0.1, -0.05) is 23.7 Å². The molecule has 1 aromatic rings. The van der Waals surface area contributed by atoms with Crippen LogP contribution in [0.4, 0.5) is 0 Å². The summed E-state index contributed by atoms with van der Waals surface area (Å²) in [6.07, 6.45) is 2.23. The highest BCUT2D eigenvalue weighted by Gasteiger charge is 2.21. The summed E-state index contributed by atoms with van der Waals surface area (Å²) in [4.78, 5) is 27.3. The first kappa shape index (κ1) is 12.8. The number of rotatable bonds is 4. The molecule has 0 amide bonds. The van der Waals surface area contributed by atoms with E-state index in [4.69, 9.17) is 16.3 Å². The molecule has 0 saturated heterocycles. The molecular weight excluding hydrogens is 254 g/mol. The third kappa shape index (κ3) is 3.17.